The van der Waals surface area contributed by atoms with E-state index in [1.807, 2.05) is 27.9 Å². The van der Waals surface area contributed by atoms with Crippen molar-refractivity contribution in [3.63, 3.8) is 0 Å². The van der Waals surface area contributed by atoms with Crippen LogP contribution in [0, 0.1) is 25.2 Å². The predicted octanol–water partition coefficient (Wildman–Crippen LogP) is 0.755. The number of carbonyl (C=O) groups is 1. The van der Waals surface area contributed by atoms with E-state index in [9.17, 15) is 10.1 Å². The van der Waals surface area contributed by atoms with Gasteiger partial charge in [-0.2, -0.15) is 10.4 Å². The summed E-state index contributed by atoms with van der Waals surface area (Å²) in [6.45, 7) is 5.32. The van der Waals surface area contributed by atoms with Gasteiger partial charge in [0.05, 0.1) is 17.3 Å². The van der Waals surface area contributed by atoms with E-state index in [-0.39, 0.29) is 5.91 Å². The van der Waals surface area contributed by atoms with Crippen molar-refractivity contribution < 1.29 is 4.79 Å². The first-order valence-electron chi connectivity index (χ1n) is 6.81. The SMILES string of the molecule is Cc1nn(C)c(C)c1C(=O)NC1(C#N)CCN(C)CC1. The molecule has 1 amide bonds. The second kappa shape index (κ2) is 5.25. The summed E-state index contributed by atoms with van der Waals surface area (Å²) in [5, 5.41) is 16.6. The summed E-state index contributed by atoms with van der Waals surface area (Å²) in [4.78, 5) is 14.7. The van der Waals surface area contributed by atoms with Crippen molar-refractivity contribution in [1.82, 2.24) is 20.0 Å². The van der Waals surface area contributed by atoms with Crippen LogP contribution in [0.15, 0.2) is 0 Å². The molecule has 0 aromatic carbocycles. The van der Waals surface area contributed by atoms with Crippen molar-refractivity contribution in [3.05, 3.63) is 17.0 Å². The molecule has 0 aliphatic carbocycles. The van der Waals surface area contributed by atoms with E-state index in [0.717, 1.165) is 18.8 Å². The van der Waals surface area contributed by atoms with Crippen LogP contribution >= 0.6 is 0 Å². The summed E-state index contributed by atoms with van der Waals surface area (Å²) in [5.74, 6) is -0.195. The first-order chi connectivity index (χ1) is 9.38. The number of nitrogens with one attached hydrogen (secondary N) is 1. The molecule has 1 N–H and O–H groups in total. The lowest BCUT2D eigenvalue weighted by Crippen LogP contribution is -2.53. The molecule has 0 bridgehead atoms. The highest BCUT2D eigenvalue weighted by molar-refractivity contribution is 5.97. The summed E-state index contributed by atoms with van der Waals surface area (Å²) in [7, 11) is 3.84. The number of piperidine rings is 1. The molecule has 1 fully saturated rings. The maximum Gasteiger partial charge on any atom is 0.256 e. The van der Waals surface area contributed by atoms with Crippen LogP contribution in [0.5, 0.6) is 0 Å². The van der Waals surface area contributed by atoms with Gasteiger partial charge in [0.2, 0.25) is 0 Å². The van der Waals surface area contributed by atoms with E-state index < -0.39 is 5.54 Å². The fourth-order valence-corrected chi connectivity index (χ4v) is 2.65. The zero-order valence-electron chi connectivity index (χ0n) is 12.5. The fraction of sp³-hybridized carbons (Fsp3) is 0.643. The highest BCUT2D eigenvalue weighted by Gasteiger charge is 2.36. The third kappa shape index (κ3) is 2.54. The van der Waals surface area contributed by atoms with E-state index >= 15 is 0 Å². The Morgan fingerprint density at radius 2 is 1.95 bits per heavy atom. The van der Waals surface area contributed by atoms with Gasteiger partial charge in [-0.3, -0.25) is 9.48 Å². The molecule has 6 nitrogen and oxygen atoms in total. The van der Waals surface area contributed by atoms with Crippen LogP contribution in [0.3, 0.4) is 0 Å². The number of hydrogen-bond acceptors (Lipinski definition) is 4. The molecule has 2 rings (SSSR count). The Labute approximate surface area is 119 Å². The topological polar surface area (TPSA) is 74.0 Å². The van der Waals surface area contributed by atoms with Crippen LogP contribution in [0.2, 0.25) is 0 Å². The number of likely N-dealkylation sites (tertiary alicyclic amines) is 1. The minimum atomic E-state index is -0.752. The smallest absolute Gasteiger partial charge is 0.256 e. The molecule has 0 spiro atoms. The van der Waals surface area contributed by atoms with Crippen LogP contribution in [0.1, 0.15) is 34.6 Å². The van der Waals surface area contributed by atoms with E-state index in [1.165, 1.54) is 0 Å². The van der Waals surface area contributed by atoms with Gasteiger partial charge in [-0.05, 0) is 33.7 Å². The Balaban J connectivity index is 2.20. The summed E-state index contributed by atoms with van der Waals surface area (Å²) in [6.07, 6.45) is 1.31. The van der Waals surface area contributed by atoms with Crippen LogP contribution in [-0.2, 0) is 7.05 Å². The Morgan fingerprint density at radius 1 is 1.35 bits per heavy atom. The summed E-state index contributed by atoms with van der Waals surface area (Å²) in [5.41, 5.74) is 1.35. The summed E-state index contributed by atoms with van der Waals surface area (Å²) in [6, 6.07) is 2.30. The molecule has 0 saturated carbocycles. The van der Waals surface area contributed by atoms with Gasteiger partial charge in [-0.25, -0.2) is 0 Å². The second-order valence-corrected chi connectivity index (χ2v) is 5.62. The van der Waals surface area contributed by atoms with E-state index in [0.29, 0.717) is 24.1 Å². The van der Waals surface area contributed by atoms with Gasteiger partial charge in [-0.1, -0.05) is 0 Å². The van der Waals surface area contributed by atoms with Crippen LogP contribution in [0.4, 0.5) is 0 Å². The number of rotatable bonds is 2. The molecule has 6 heteroatoms. The maximum absolute atomic E-state index is 12.5. The zero-order chi connectivity index (χ0) is 14.9. The highest BCUT2D eigenvalue weighted by atomic mass is 16.1. The largest absolute Gasteiger partial charge is 0.333 e. The molecule has 1 aliphatic rings. The molecule has 1 saturated heterocycles. The molecule has 0 radical (unpaired) electrons. The van der Waals surface area contributed by atoms with Gasteiger partial charge in [0.1, 0.15) is 5.54 Å². The van der Waals surface area contributed by atoms with Gasteiger partial charge in [0.15, 0.2) is 0 Å². The van der Waals surface area contributed by atoms with Crippen molar-refractivity contribution in [2.24, 2.45) is 7.05 Å². The summed E-state index contributed by atoms with van der Waals surface area (Å²) >= 11 is 0. The standard InChI is InChI=1S/C14H21N5O/c1-10-12(11(2)19(4)17-10)13(20)16-14(9-15)5-7-18(3)8-6-14/h5-8H2,1-4H3,(H,16,20). The number of nitrogens with zero attached hydrogens (tertiary/aromatic N) is 4. The molecule has 0 atom stereocenters. The monoisotopic (exact) mass is 275 g/mol. The molecule has 1 aliphatic heterocycles. The van der Waals surface area contributed by atoms with Gasteiger partial charge in [0.25, 0.3) is 5.91 Å². The third-order valence-electron chi connectivity index (χ3n) is 4.14. The Morgan fingerprint density at radius 3 is 2.40 bits per heavy atom. The lowest BCUT2D eigenvalue weighted by molar-refractivity contribution is 0.0880. The van der Waals surface area contributed by atoms with Crippen molar-refractivity contribution in [2.75, 3.05) is 20.1 Å². The van der Waals surface area contributed by atoms with Crippen molar-refractivity contribution in [1.29, 1.82) is 5.26 Å². The molecule has 1 aromatic heterocycles. The quantitative estimate of drug-likeness (QED) is 0.864. The lowest BCUT2D eigenvalue weighted by Gasteiger charge is -2.36. The predicted molar refractivity (Wildman–Crippen MR) is 75.2 cm³/mol. The molecule has 2 heterocycles. The van der Waals surface area contributed by atoms with Crippen molar-refractivity contribution in [3.8, 4) is 6.07 Å². The highest BCUT2D eigenvalue weighted by Crippen LogP contribution is 2.22. The number of aryl methyl sites for hydroxylation is 2. The Kier molecular flexibility index (Phi) is 3.82. The van der Waals surface area contributed by atoms with Gasteiger partial charge < -0.3 is 10.2 Å². The second-order valence-electron chi connectivity index (χ2n) is 5.62. The van der Waals surface area contributed by atoms with Crippen LogP contribution in [-0.4, -0.2) is 46.3 Å². The number of aromatic nitrogens is 2. The number of carbonyl (C=O) groups excluding carboxylic acids is 1. The first kappa shape index (κ1) is 14.5. The molecule has 20 heavy (non-hydrogen) atoms. The number of amides is 1. The normalized spacial score (nSPS) is 18.6. The fourth-order valence-electron chi connectivity index (χ4n) is 2.65. The van der Waals surface area contributed by atoms with Crippen LogP contribution < -0.4 is 5.32 Å². The zero-order valence-corrected chi connectivity index (χ0v) is 12.5. The third-order valence-corrected chi connectivity index (χ3v) is 4.14. The van der Waals surface area contributed by atoms with E-state index in [2.05, 4.69) is 21.4 Å². The minimum Gasteiger partial charge on any atom is -0.333 e. The van der Waals surface area contributed by atoms with E-state index in [1.54, 1.807) is 4.68 Å². The molecular formula is C14H21N5O. The molecule has 0 unspecified atom stereocenters. The Hall–Kier alpha value is -1.87. The Bertz CT molecular complexity index is 561. The molecule has 108 valence electrons. The number of nitriles is 1. The first-order valence-corrected chi connectivity index (χ1v) is 6.81. The lowest BCUT2D eigenvalue weighted by atomic mass is 9.88. The van der Waals surface area contributed by atoms with Crippen molar-refractivity contribution >= 4 is 5.91 Å². The number of hydrogen-bond donors (Lipinski definition) is 1. The summed E-state index contributed by atoms with van der Waals surface area (Å²) < 4.78 is 1.69. The molecular weight excluding hydrogens is 254 g/mol. The average molecular weight is 275 g/mol. The maximum atomic E-state index is 12.5. The average Bonchev–Trinajstić information content (AvgIpc) is 2.66. The minimum absolute atomic E-state index is 0.195. The van der Waals surface area contributed by atoms with Crippen LogP contribution in [0.25, 0.3) is 0 Å². The van der Waals surface area contributed by atoms with Gasteiger partial charge >= 0.3 is 0 Å². The molecule has 1 aromatic rings. The van der Waals surface area contributed by atoms with E-state index in [4.69, 9.17) is 0 Å². The van der Waals surface area contributed by atoms with Crippen molar-refractivity contribution in [2.45, 2.75) is 32.2 Å². The van der Waals surface area contributed by atoms with Gasteiger partial charge in [0, 0.05) is 25.8 Å². The van der Waals surface area contributed by atoms with Gasteiger partial charge in [-0.15, -0.1) is 0 Å².